The summed E-state index contributed by atoms with van der Waals surface area (Å²) in [5.74, 6) is -1.46. The molecule has 2 aromatic rings. The molecule has 0 aliphatic heterocycles. The Morgan fingerprint density at radius 3 is 1.97 bits per heavy atom. The van der Waals surface area contributed by atoms with Crippen LogP contribution in [0.1, 0.15) is 38.0 Å². The Balaban J connectivity index is 2.06. The van der Waals surface area contributed by atoms with Crippen LogP contribution in [0.15, 0.2) is 60.2 Å². The van der Waals surface area contributed by atoms with Crippen molar-refractivity contribution in [3.63, 3.8) is 0 Å². The number of nitro benzene ring substituents is 2. The number of benzene rings is 2. The Hall–Kier alpha value is -4.06. The highest BCUT2D eigenvalue weighted by Gasteiger charge is 2.62. The number of nitro groups is 2. The maximum absolute atomic E-state index is 13.1. The molecule has 9 heteroatoms. The molecule has 164 valence electrons. The van der Waals surface area contributed by atoms with E-state index in [0.29, 0.717) is 5.57 Å². The van der Waals surface area contributed by atoms with E-state index in [1.807, 2.05) is 19.9 Å². The van der Waals surface area contributed by atoms with Crippen molar-refractivity contribution in [2.24, 2.45) is 17.3 Å². The monoisotopic (exact) mass is 435 g/mol. The quantitative estimate of drug-likeness (QED) is 0.262. The van der Waals surface area contributed by atoms with Gasteiger partial charge in [-0.15, -0.1) is 0 Å². The predicted octanol–water partition coefficient (Wildman–Crippen LogP) is 4.88. The van der Waals surface area contributed by atoms with E-state index in [1.165, 1.54) is 36.4 Å². The van der Waals surface area contributed by atoms with Crippen LogP contribution in [-0.2, 0) is 9.53 Å². The third-order valence-corrected chi connectivity index (χ3v) is 5.84. The first-order valence-corrected chi connectivity index (χ1v) is 9.85. The Bertz CT molecular complexity index is 1110. The Labute approximate surface area is 184 Å². The lowest BCUT2D eigenvalue weighted by molar-refractivity contribution is -0.387. The molecule has 1 aliphatic carbocycles. The van der Waals surface area contributed by atoms with Crippen LogP contribution in [0.2, 0.25) is 0 Å². The third-order valence-electron chi connectivity index (χ3n) is 5.84. The first-order chi connectivity index (χ1) is 15.1. The molecule has 0 N–H and O–H groups in total. The molecule has 0 aromatic heterocycles. The molecule has 0 heterocycles. The van der Waals surface area contributed by atoms with Gasteiger partial charge in [-0.3, -0.25) is 25.0 Å². The second kappa shape index (κ2) is 8.59. The van der Waals surface area contributed by atoms with Gasteiger partial charge in [-0.25, -0.2) is 0 Å². The standard InChI is InChI=1S/C23H21N3O6/c1-14(13-24)12-17-20(23(17,2)3)22(27)32-21(15-8-4-6-10-18(15)25(28)29)16-9-5-7-11-19(16)26(30)31/h4-12,17,20-21H,1-3H3. The lowest BCUT2D eigenvalue weighted by Gasteiger charge is -2.19. The Morgan fingerprint density at radius 1 is 1.06 bits per heavy atom. The molecule has 0 bridgehead atoms. The number of nitrogens with zero attached hydrogens (tertiary/aromatic N) is 3. The van der Waals surface area contributed by atoms with E-state index < -0.39 is 33.3 Å². The molecule has 32 heavy (non-hydrogen) atoms. The van der Waals surface area contributed by atoms with E-state index in [4.69, 9.17) is 10.00 Å². The van der Waals surface area contributed by atoms with Gasteiger partial charge < -0.3 is 4.74 Å². The molecular formula is C23H21N3O6. The fourth-order valence-corrected chi connectivity index (χ4v) is 3.98. The maximum atomic E-state index is 13.1. The van der Waals surface area contributed by atoms with Crippen LogP contribution in [0.25, 0.3) is 0 Å². The summed E-state index contributed by atoms with van der Waals surface area (Å²) in [5.41, 5.74) is -0.555. The minimum atomic E-state index is -1.34. The molecule has 0 radical (unpaired) electrons. The Morgan fingerprint density at radius 2 is 1.53 bits per heavy atom. The molecule has 3 rings (SSSR count). The smallest absolute Gasteiger partial charge is 0.311 e. The maximum Gasteiger partial charge on any atom is 0.311 e. The number of esters is 1. The van der Waals surface area contributed by atoms with Gasteiger partial charge in [0, 0.05) is 17.7 Å². The van der Waals surface area contributed by atoms with Crippen molar-refractivity contribution in [3.05, 3.63) is 91.5 Å². The SMILES string of the molecule is CC(C#N)=CC1C(C(=O)OC(c2ccccc2[N+](=O)[O-])c2ccccc2[N+](=O)[O-])C1(C)C. The van der Waals surface area contributed by atoms with E-state index in [1.54, 1.807) is 25.1 Å². The van der Waals surface area contributed by atoms with Crippen molar-refractivity contribution in [3.8, 4) is 6.07 Å². The highest BCUT2D eigenvalue weighted by molar-refractivity contribution is 5.79. The third kappa shape index (κ3) is 4.21. The summed E-state index contributed by atoms with van der Waals surface area (Å²) in [7, 11) is 0. The first kappa shape index (κ1) is 22.6. The van der Waals surface area contributed by atoms with Crippen molar-refractivity contribution in [2.75, 3.05) is 0 Å². The predicted molar refractivity (Wildman–Crippen MR) is 114 cm³/mol. The minimum absolute atomic E-state index is 0.0407. The molecular weight excluding hydrogens is 414 g/mol. The molecule has 0 spiro atoms. The van der Waals surface area contributed by atoms with Gasteiger partial charge in [-0.2, -0.15) is 5.26 Å². The number of hydrogen-bond donors (Lipinski definition) is 0. The number of ether oxygens (including phenoxy) is 1. The molecule has 1 aliphatic rings. The van der Waals surface area contributed by atoms with E-state index >= 15 is 0 Å². The van der Waals surface area contributed by atoms with Crippen molar-refractivity contribution in [1.29, 1.82) is 5.26 Å². The molecule has 1 saturated carbocycles. The normalized spacial score (nSPS) is 19.2. The van der Waals surface area contributed by atoms with Gasteiger partial charge in [0.2, 0.25) is 0 Å². The van der Waals surface area contributed by atoms with Gasteiger partial charge in [0.05, 0.1) is 33.0 Å². The van der Waals surface area contributed by atoms with Crippen LogP contribution >= 0.6 is 0 Å². The lowest BCUT2D eigenvalue weighted by Crippen LogP contribution is -2.18. The van der Waals surface area contributed by atoms with Gasteiger partial charge >= 0.3 is 5.97 Å². The number of hydrogen-bond acceptors (Lipinski definition) is 7. The number of nitriles is 1. The zero-order valence-corrected chi connectivity index (χ0v) is 17.7. The number of carbonyl (C=O) groups is 1. The zero-order valence-electron chi connectivity index (χ0n) is 17.7. The molecule has 0 amide bonds. The number of para-hydroxylation sites is 2. The average molecular weight is 435 g/mol. The van der Waals surface area contributed by atoms with Crippen LogP contribution in [0, 0.1) is 48.8 Å². The molecule has 2 unspecified atom stereocenters. The van der Waals surface area contributed by atoms with E-state index in [9.17, 15) is 25.0 Å². The summed E-state index contributed by atoms with van der Waals surface area (Å²) < 4.78 is 5.75. The average Bonchev–Trinajstić information content (AvgIpc) is 3.31. The summed E-state index contributed by atoms with van der Waals surface area (Å²) in [6.45, 7) is 5.35. The minimum Gasteiger partial charge on any atom is -0.452 e. The fourth-order valence-electron chi connectivity index (χ4n) is 3.98. The molecule has 0 saturated heterocycles. The van der Waals surface area contributed by atoms with Crippen LogP contribution in [0.4, 0.5) is 11.4 Å². The van der Waals surface area contributed by atoms with E-state index in [0.717, 1.165) is 0 Å². The van der Waals surface area contributed by atoms with E-state index in [2.05, 4.69) is 0 Å². The van der Waals surface area contributed by atoms with Gasteiger partial charge in [-0.05, 0) is 30.4 Å². The molecule has 2 aromatic carbocycles. The van der Waals surface area contributed by atoms with Gasteiger partial charge in [0.1, 0.15) is 0 Å². The first-order valence-electron chi connectivity index (χ1n) is 9.85. The van der Waals surface area contributed by atoms with Crippen LogP contribution in [0.5, 0.6) is 0 Å². The second-order valence-corrected chi connectivity index (χ2v) is 8.24. The summed E-state index contributed by atoms with van der Waals surface area (Å²) in [6, 6.07) is 13.4. The number of carbonyl (C=O) groups excluding carboxylic acids is 1. The summed E-state index contributed by atoms with van der Waals surface area (Å²) in [5, 5.41) is 32.3. The van der Waals surface area contributed by atoms with Gasteiger partial charge in [0.15, 0.2) is 6.10 Å². The summed E-state index contributed by atoms with van der Waals surface area (Å²) >= 11 is 0. The van der Waals surface area contributed by atoms with Gasteiger partial charge in [0.25, 0.3) is 11.4 Å². The molecule has 1 fully saturated rings. The second-order valence-electron chi connectivity index (χ2n) is 8.24. The largest absolute Gasteiger partial charge is 0.452 e. The van der Waals surface area contributed by atoms with Crippen LogP contribution < -0.4 is 0 Å². The summed E-state index contributed by atoms with van der Waals surface area (Å²) in [4.78, 5) is 35.1. The number of allylic oxidation sites excluding steroid dienone is 2. The Kier molecular flexibility index (Phi) is 6.07. The van der Waals surface area contributed by atoms with Crippen LogP contribution in [-0.4, -0.2) is 15.8 Å². The highest BCUT2D eigenvalue weighted by Crippen LogP contribution is 2.60. The van der Waals surface area contributed by atoms with Gasteiger partial charge in [-0.1, -0.05) is 44.2 Å². The van der Waals surface area contributed by atoms with E-state index in [-0.39, 0.29) is 28.4 Å². The zero-order chi connectivity index (χ0) is 23.6. The highest BCUT2D eigenvalue weighted by atomic mass is 16.6. The van der Waals surface area contributed by atoms with Crippen molar-refractivity contribution < 1.29 is 19.4 Å². The fraction of sp³-hybridized carbons (Fsp3) is 0.304. The molecule has 2 atom stereocenters. The van der Waals surface area contributed by atoms with Crippen molar-refractivity contribution >= 4 is 17.3 Å². The van der Waals surface area contributed by atoms with Crippen molar-refractivity contribution in [1.82, 2.24) is 0 Å². The topological polar surface area (TPSA) is 136 Å². The van der Waals surface area contributed by atoms with Crippen LogP contribution in [0.3, 0.4) is 0 Å². The summed E-state index contributed by atoms with van der Waals surface area (Å²) in [6.07, 6.45) is 0.362. The molecule has 9 nitrogen and oxygen atoms in total. The lowest BCUT2D eigenvalue weighted by atomic mass is 9.98. The van der Waals surface area contributed by atoms with Crippen molar-refractivity contribution in [2.45, 2.75) is 26.9 Å². The number of rotatable bonds is 7.